The van der Waals surface area contributed by atoms with E-state index in [0.29, 0.717) is 39.1 Å². The van der Waals surface area contributed by atoms with Crippen molar-refractivity contribution in [3.8, 4) is 5.75 Å². The van der Waals surface area contributed by atoms with Gasteiger partial charge in [-0.3, -0.25) is 9.78 Å². The van der Waals surface area contributed by atoms with Crippen LogP contribution in [0.5, 0.6) is 5.75 Å². The fourth-order valence-corrected chi connectivity index (χ4v) is 5.05. The lowest BCUT2D eigenvalue weighted by atomic mass is 10.00. The number of benzene rings is 1. The number of aromatic nitrogens is 1. The number of nitrogens with one attached hydrogen (secondary N) is 1. The number of nitrogens with zero attached hydrogens (tertiary/aromatic N) is 1. The van der Waals surface area contributed by atoms with Gasteiger partial charge in [0.15, 0.2) is 5.75 Å². The average Bonchev–Trinajstić information content (AvgIpc) is 3.16. The van der Waals surface area contributed by atoms with Crippen LogP contribution in [0.15, 0.2) is 36.5 Å². The standard InChI is InChI=1S/C22H24Cl2N2O2/c1-3-19(26-22(27)13-4-6-14(23)7-5-13)20-16-10-15(11-17(16)20)28-21-12(2)25-9-8-18(21)24/h4-9,15-17,19-20H,3,10-11H2,1-2H3,(H,26,27). The van der Waals surface area contributed by atoms with Gasteiger partial charge in [-0.2, -0.15) is 0 Å². The zero-order chi connectivity index (χ0) is 19.8. The van der Waals surface area contributed by atoms with Crippen LogP contribution in [0.1, 0.15) is 42.2 Å². The summed E-state index contributed by atoms with van der Waals surface area (Å²) in [5, 5.41) is 4.47. The van der Waals surface area contributed by atoms with Gasteiger partial charge in [0.25, 0.3) is 5.91 Å². The lowest BCUT2D eigenvalue weighted by Crippen LogP contribution is -2.37. The molecular weight excluding hydrogens is 395 g/mol. The molecule has 1 amide bonds. The van der Waals surface area contributed by atoms with Crippen LogP contribution >= 0.6 is 23.2 Å². The fraction of sp³-hybridized carbons (Fsp3) is 0.455. The summed E-state index contributed by atoms with van der Waals surface area (Å²) in [5.74, 6) is 2.42. The molecule has 2 saturated carbocycles. The van der Waals surface area contributed by atoms with Crippen LogP contribution in [0.25, 0.3) is 0 Å². The Hall–Kier alpha value is -1.78. The monoisotopic (exact) mass is 418 g/mol. The number of fused-ring (bicyclic) bond motifs is 1. The molecule has 6 heteroatoms. The summed E-state index contributed by atoms with van der Waals surface area (Å²) in [6, 6.07) is 8.99. The Morgan fingerprint density at radius 1 is 1.21 bits per heavy atom. The number of pyridine rings is 1. The van der Waals surface area contributed by atoms with Gasteiger partial charge in [-0.1, -0.05) is 30.1 Å². The van der Waals surface area contributed by atoms with Crippen LogP contribution in [0.2, 0.25) is 10.0 Å². The quantitative estimate of drug-likeness (QED) is 0.691. The van der Waals surface area contributed by atoms with Crippen LogP contribution in [-0.2, 0) is 0 Å². The molecule has 1 aromatic carbocycles. The van der Waals surface area contributed by atoms with Crippen molar-refractivity contribution in [3.63, 3.8) is 0 Å². The minimum Gasteiger partial charge on any atom is -0.487 e. The molecule has 0 radical (unpaired) electrons. The van der Waals surface area contributed by atoms with Crippen molar-refractivity contribution in [2.24, 2.45) is 17.8 Å². The molecule has 3 atom stereocenters. The maximum Gasteiger partial charge on any atom is 0.251 e. The molecule has 2 aliphatic carbocycles. The summed E-state index contributed by atoms with van der Waals surface area (Å²) in [6.07, 6.45) is 4.81. The van der Waals surface area contributed by atoms with Gasteiger partial charge in [0.05, 0.1) is 16.8 Å². The van der Waals surface area contributed by atoms with Crippen molar-refractivity contribution < 1.29 is 9.53 Å². The number of hydrogen-bond acceptors (Lipinski definition) is 3. The molecule has 1 heterocycles. The summed E-state index contributed by atoms with van der Waals surface area (Å²) >= 11 is 12.2. The fourth-order valence-electron chi connectivity index (χ4n) is 4.69. The van der Waals surface area contributed by atoms with Crippen molar-refractivity contribution in [1.82, 2.24) is 10.3 Å². The molecule has 2 aliphatic rings. The van der Waals surface area contributed by atoms with Gasteiger partial charge in [-0.05, 0) is 74.3 Å². The van der Waals surface area contributed by atoms with Crippen LogP contribution in [-0.4, -0.2) is 23.0 Å². The highest BCUT2D eigenvalue weighted by Crippen LogP contribution is 2.60. The average molecular weight is 419 g/mol. The molecule has 0 aliphatic heterocycles. The van der Waals surface area contributed by atoms with Gasteiger partial charge in [-0.25, -0.2) is 0 Å². The number of halogens is 2. The molecule has 0 saturated heterocycles. The second kappa shape index (κ2) is 7.92. The number of hydrogen-bond donors (Lipinski definition) is 1. The zero-order valence-corrected chi connectivity index (χ0v) is 17.5. The first-order valence-electron chi connectivity index (χ1n) is 9.82. The Morgan fingerprint density at radius 2 is 1.89 bits per heavy atom. The summed E-state index contributed by atoms with van der Waals surface area (Å²) in [5.41, 5.74) is 1.47. The summed E-state index contributed by atoms with van der Waals surface area (Å²) in [4.78, 5) is 16.8. The molecular formula is C22H24Cl2N2O2. The largest absolute Gasteiger partial charge is 0.487 e. The van der Waals surface area contributed by atoms with Gasteiger partial charge in [0.2, 0.25) is 0 Å². The highest BCUT2D eigenvalue weighted by atomic mass is 35.5. The predicted octanol–water partition coefficient (Wildman–Crippen LogP) is 5.31. The van der Waals surface area contributed by atoms with Crippen LogP contribution < -0.4 is 10.1 Å². The summed E-state index contributed by atoms with van der Waals surface area (Å²) in [7, 11) is 0. The number of ether oxygens (including phenoxy) is 1. The third-order valence-electron chi connectivity index (χ3n) is 6.11. The van der Waals surface area contributed by atoms with E-state index in [2.05, 4.69) is 17.2 Å². The van der Waals surface area contributed by atoms with E-state index in [1.807, 2.05) is 6.92 Å². The van der Waals surface area contributed by atoms with Crippen LogP contribution in [0.3, 0.4) is 0 Å². The molecule has 2 aromatic rings. The van der Waals surface area contributed by atoms with E-state index in [1.165, 1.54) is 0 Å². The molecule has 1 N–H and O–H groups in total. The molecule has 148 valence electrons. The number of carbonyl (C=O) groups excluding carboxylic acids is 1. The highest BCUT2D eigenvalue weighted by molar-refractivity contribution is 6.32. The second-order valence-corrected chi connectivity index (χ2v) is 8.66. The Labute approximate surface area is 175 Å². The van der Waals surface area contributed by atoms with E-state index in [1.54, 1.807) is 36.5 Å². The zero-order valence-electron chi connectivity index (χ0n) is 16.0. The normalized spacial score (nSPS) is 26.4. The Kier molecular flexibility index (Phi) is 5.52. The van der Waals surface area contributed by atoms with E-state index in [9.17, 15) is 4.79 Å². The smallest absolute Gasteiger partial charge is 0.251 e. The summed E-state index contributed by atoms with van der Waals surface area (Å²) < 4.78 is 6.17. The summed E-state index contributed by atoms with van der Waals surface area (Å²) in [6.45, 7) is 4.05. The predicted molar refractivity (Wildman–Crippen MR) is 111 cm³/mol. The van der Waals surface area contributed by atoms with Gasteiger partial charge in [-0.15, -0.1) is 0 Å². The Morgan fingerprint density at radius 3 is 2.50 bits per heavy atom. The third-order valence-corrected chi connectivity index (χ3v) is 6.66. The number of rotatable bonds is 6. The number of amides is 1. The lowest BCUT2D eigenvalue weighted by molar-refractivity contribution is 0.0924. The minimum atomic E-state index is -0.0287. The molecule has 28 heavy (non-hydrogen) atoms. The maximum absolute atomic E-state index is 12.6. The first-order chi connectivity index (χ1) is 13.5. The van der Waals surface area contributed by atoms with Crippen molar-refractivity contribution >= 4 is 29.1 Å². The third kappa shape index (κ3) is 3.85. The van der Waals surface area contributed by atoms with E-state index in [-0.39, 0.29) is 18.1 Å². The van der Waals surface area contributed by atoms with E-state index >= 15 is 0 Å². The van der Waals surface area contributed by atoms with Gasteiger partial charge >= 0.3 is 0 Å². The lowest BCUT2D eigenvalue weighted by Gasteiger charge is -2.23. The van der Waals surface area contributed by atoms with Crippen molar-refractivity contribution in [2.45, 2.75) is 45.3 Å². The minimum absolute atomic E-state index is 0.0287. The second-order valence-electron chi connectivity index (χ2n) is 7.82. The van der Waals surface area contributed by atoms with E-state index in [4.69, 9.17) is 27.9 Å². The molecule has 0 bridgehead atoms. The van der Waals surface area contributed by atoms with Crippen molar-refractivity contribution in [3.05, 3.63) is 57.8 Å². The van der Waals surface area contributed by atoms with Gasteiger partial charge in [0.1, 0.15) is 0 Å². The number of aryl methyl sites for hydroxylation is 1. The Bertz CT molecular complexity index is 839. The van der Waals surface area contributed by atoms with E-state index in [0.717, 1.165) is 25.0 Å². The number of carbonyl (C=O) groups is 1. The molecule has 3 unspecified atom stereocenters. The van der Waals surface area contributed by atoms with Gasteiger partial charge in [0, 0.05) is 22.8 Å². The molecule has 1 aromatic heterocycles. The molecule has 2 fully saturated rings. The van der Waals surface area contributed by atoms with Crippen molar-refractivity contribution in [2.75, 3.05) is 0 Å². The Balaban J connectivity index is 1.34. The first kappa shape index (κ1) is 19.5. The molecule has 4 rings (SSSR count). The SMILES string of the molecule is CCC(NC(=O)c1ccc(Cl)cc1)C1C2CC(Oc3c(Cl)ccnc3C)CC21. The van der Waals surface area contributed by atoms with Crippen LogP contribution in [0.4, 0.5) is 0 Å². The van der Waals surface area contributed by atoms with Crippen molar-refractivity contribution in [1.29, 1.82) is 0 Å². The maximum atomic E-state index is 12.6. The van der Waals surface area contributed by atoms with E-state index < -0.39 is 0 Å². The van der Waals surface area contributed by atoms with Gasteiger partial charge < -0.3 is 10.1 Å². The topological polar surface area (TPSA) is 51.2 Å². The molecule has 4 nitrogen and oxygen atoms in total. The van der Waals surface area contributed by atoms with Crippen LogP contribution in [0, 0.1) is 24.7 Å². The first-order valence-corrected chi connectivity index (χ1v) is 10.6. The molecule has 0 spiro atoms. The highest BCUT2D eigenvalue weighted by Gasteiger charge is 2.59.